The van der Waals surface area contributed by atoms with E-state index in [0.29, 0.717) is 12.1 Å². The van der Waals surface area contributed by atoms with Gasteiger partial charge in [0.15, 0.2) is 0 Å². The lowest BCUT2D eigenvalue weighted by molar-refractivity contribution is -0.128. The standard InChI is InChI=1S/C19H35FN8O2/c20-12-7-23-18-16(17(21)25-28(18)9-12)19(29)24-14-8-22-2-1-15(14)27-4-3-26-5-6-30-11-13(26)10-27/h12-18,22-23,25H,1-11,21H2,(H,24,29)/t12?,13-,14?,15?,16?,17?,18?/m0/s1. The Morgan fingerprint density at radius 1 is 1.17 bits per heavy atom. The van der Waals surface area contributed by atoms with Crippen LogP contribution in [0.5, 0.6) is 0 Å². The topological polar surface area (TPSA) is 110 Å². The number of rotatable bonds is 3. The molecule has 11 heteroatoms. The summed E-state index contributed by atoms with van der Waals surface area (Å²) in [7, 11) is 0. The van der Waals surface area contributed by atoms with Crippen LogP contribution in [-0.4, -0.2) is 123 Å². The lowest BCUT2D eigenvalue weighted by Crippen LogP contribution is -2.67. The van der Waals surface area contributed by atoms with Crippen molar-refractivity contribution >= 4 is 5.91 Å². The van der Waals surface area contributed by atoms with Crippen molar-refractivity contribution < 1.29 is 13.9 Å². The summed E-state index contributed by atoms with van der Waals surface area (Å²) in [6, 6.07) is 0.774. The molecule has 5 aliphatic rings. The number of halogens is 1. The van der Waals surface area contributed by atoms with Crippen molar-refractivity contribution in [2.24, 2.45) is 11.7 Å². The molecule has 0 bridgehead atoms. The van der Waals surface area contributed by atoms with Gasteiger partial charge >= 0.3 is 0 Å². The zero-order valence-corrected chi connectivity index (χ0v) is 17.4. The third-order valence-corrected chi connectivity index (χ3v) is 7.34. The Morgan fingerprint density at radius 3 is 2.93 bits per heavy atom. The van der Waals surface area contributed by atoms with Crippen molar-refractivity contribution in [3.63, 3.8) is 0 Å². The van der Waals surface area contributed by atoms with Gasteiger partial charge in [-0.05, 0) is 13.0 Å². The lowest BCUT2D eigenvalue weighted by atomic mass is 9.95. The third kappa shape index (κ3) is 4.09. The lowest BCUT2D eigenvalue weighted by Gasteiger charge is -2.49. The first-order valence-corrected chi connectivity index (χ1v) is 11.3. The Morgan fingerprint density at radius 2 is 2.03 bits per heavy atom. The summed E-state index contributed by atoms with van der Waals surface area (Å²) in [5, 5.41) is 11.6. The molecule has 0 radical (unpaired) electrons. The molecule has 0 aromatic carbocycles. The van der Waals surface area contributed by atoms with Crippen LogP contribution in [0.15, 0.2) is 0 Å². The molecule has 30 heavy (non-hydrogen) atoms. The van der Waals surface area contributed by atoms with E-state index in [0.717, 1.165) is 58.9 Å². The SMILES string of the molecule is NC1NN2CC(F)CNC2C1C(=O)NC1CNCCC1N1CCN2CCOC[C@@H]2C1. The molecule has 5 rings (SSSR count). The highest BCUT2D eigenvalue weighted by atomic mass is 19.1. The Bertz CT molecular complexity index is 629. The van der Waals surface area contributed by atoms with Crippen LogP contribution in [0.25, 0.3) is 0 Å². The molecule has 0 aromatic heterocycles. The van der Waals surface area contributed by atoms with Crippen LogP contribution in [0.1, 0.15) is 6.42 Å². The maximum Gasteiger partial charge on any atom is 0.229 e. The molecule has 6 N–H and O–H groups in total. The van der Waals surface area contributed by atoms with Crippen molar-refractivity contribution in [1.29, 1.82) is 0 Å². The average Bonchev–Trinajstić information content (AvgIpc) is 3.08. The number of ether oxygens (including phenoxy) is 1. The minimum atomic E-state index is -0.961. The van der Waals surface area contributed by atoms with Gasteiger partial charge in [0.25, 0.3) is 0 Å². The largest absolute Gasteiger partial charge is 0.378 e. The first-order valence-electron chi connectivity index (χ1n) is 11.3. The minimum Gasteiger partial charge on any atom is -0.378 e. The van der Waals surface area contributed by atoms with E-state index in [4.69, 9.17) is 10.5 Å². The highest BCUT2D eigenvalue weighted by Crippen LogP contribution is 2.24. The fourth-order valence-electron chi connectivity index (χ4n) is 5.76. The minimum absolute atomic E-state index is 0.0288. The van der Waals surface area contributed by atoms with Crippen molar-refractivity contribution in [1.82, 2.24) is 36.2 Å². The highest BCUT2D eigenvalue weighted by Gasteiger charge is 2.48. The summed E-state index contributed by atoms with van der Waals surface area (Å²) >= 11 is 0. The van der Waals surface area contributed by atoms with Gasteiger partial charge < -0.3 is 21.1 Å². The molecule has 170 valence electrons. The van der Waals surface area contributed by atoms with Gasteiger partial charge in [0.2, 0.25) is 5.91 Å². The number of carbonyl (C=O) groups is 1. The van der Waals surface area contributed by atoms with E-state index < -0.39 is 18.3 Å². The summed E-state index contributed by atoms with van der Waals surface area (Å²) in [6.45, 7) is 7.90. The monoisotopic (exact) mass is 426 g/mol. The van der Waals surface area contributed by atoms with Gasteiger partial charge in [0.05, 0.1) is 37.5 Å². The van der Waals surface area contributed by atoms with Crippen LogP contribution in [0.4, 0.5) is 4.39 Å². The number of nitrogens with two attached hydrogens (primary N) is 1. The molecular weight excluding hydrogens is 391 g/mol. The number of carbonyl (C=O) groups excluding carboxylic acids is 1. The molecule has 5 fully saturated rings. The summed E-state index contributed by atoms with van der Waals surface area (Å²) in [5.41, 5.74) is 9.28. The van der Waals surface area contributed by atoms with Crippen molar-refractivity contribution in [3.8, 4) is 0 Å². The molecule has 0 aliphatic carbocycles. The van der Waals surface area contributed by atoms with Crippen molar-refractivity contribution in [3.05, 3.63) is 0 Å². The smallest absolute Gasteiger partial charge is 0.229 e. The number of nitrogens with zero attached hydrogens (tertiary/aromatic N) is 3. The molecule has 10 nitrogen and oxygen atoms in total. The Balaban J connectivity index is 1.23. The number of morpholine rings is 1. The van der Waals surface area contributed by atoms with Crippen LogP contribution in [0.2, 0.25) is 0 Å². The van der Waals surface area contributed by atoms with Gasteiger partial charge in [0.1, 0.15) is 6.17 Å². The van der Waals surface area contributed by atoms with E-state index in [-0.39, 0.29) is 31.2 Å². The Labute approximate surface area is 177 Å². The highest BCUT2D eigenvalue weighted by molar-refractivity contribution is 5.81. The first kappa shape index (κ1) is 21.0. The number of amides is 1. The van der Waals surface area contributed by atoms with Crippen LogP contribution in [0, 0.1) is 5.92 Å². The number of fused-ring (bicyclic) bond motifs is 2. The number of nitrogens with one attached hydrogen (secondary N) is 4. The summed E-state index contributed by atoms with van der Waals surface area (Å²) in [5.74, 6) is -0.519. The van der Waals surface area contributed by atoms with E-state index >= 15 is 0 Å². The molecular formula is C19H35FN8O2. The van der Waals surface area contributed by atoms with Crippen LogP contribution < -0.4 is 27.1 Å². The number of hydrogen-bond acceptors (Lipinski definition) is 9. The van der Waals surface area contributed by atoms with Gasteiger partial charge in [-0.1, -0.05) is 0 Å². The quantitative estimate of drug-likeness (QED) is 0.319. The molecule has 0 saturated carbocycles. The van der Waals surface area contributed by atoms with Gasteiger partial charge in [0, 0.05) is 57.9 Å². The molecule has 5 aliphatic heterocycles. The van der Waals surface area contributed by atoms with Crippen LogP contribution in [0.3, 0.4) is 0 Å². The van der Waals surface area contributed by atoms with Gasteiger partial charge in [-0.3, -0.25) is 19.9 Å². The van der Waals surface area contributed by atoms with Gasteiger partial charge in [-0.25, -0.2) is 14.8 Å². The number of hydrogen-bond donors (Lipinski definition) is 5. The van der Waals surface area contributed by atoms with Crippen LogP contribution in [-0.2, 0) is 9.53 Å². The predicted molar refractivity (Wildman–Crippen MR) is 109 cm³/mol. The average molecular weight is 427 g/mol. The fraction of sp³-hybridized carbons (Fsp3) is 0.947. The van der Waals surface area contributed by atoms with Crippen LogP contribution >= 0.6 is 0 Å². The third-order valence-electron chi connectivity index (χ3n) is 7.34. The summed E-state index contributed by atoms with van der Waals surface area (Å²) in [6.07, 6.45) is -0.752. The van der Waals surface area contributed by atoms with E-state index in [1.54, 1.807) is 5.01 Å². The first-order chi connectivity index (χ1) is 14.6. The molecule has 5 saturated heterocycles. The molecule has 7 atom stereocenters. The Kier molecular flexibility index (Phi) is 6.22. The number of alkyl halides is 1. The second-order valence-corrected chi connectivity index (χ2v) is 9.22. The van der Waals surface area contributed by atoms with Gasteiger partial charge in [-0.2, -0.15) is 0 Å². The predicted octanol–water partition coefficient (Wildman–Crippen LogP) is -3.16. The molecule has 0 aromatic rings. The number of hydrazine groups is 1. The van der Waals surface area contributed by atoms with Gasteiger partial charge in [-0.15, -0.1) is 0 Å². The second kappa shape index (κ2) is 8.91. The van der Waals surface area contributed by atoms with E-state index in [1.807, 2.05) is 0 Å². The van der Waals surface area contributed by atoms with Crippen molar-refractivity contribution in [2.45, 2.75) is 43.0 Å². The zero-order valence-electron chi connectivity index (χ0n) is 17.4. The maximum absolute atomic E-state index is 13.7. The fourth-order valence-corrected chi connectivity index (χ4v) is 5.76. The Hall–Kier alpha value is -0.920. The maximum atomic E-state index is 13.7. The second-order valence-electron chi connectivity index (χ2n) is 9.22. The molecule has 5 heterocycles. The van der Waals surface area contributed by atoms with Crippen molar-refractivity contribution in [2.75, 3.05) is 65.6 Å². The zero-order chi connectivity index (χ0) is 20.7. The van der Waals surface area contributed by atoms with E-state index in [2.05, 4.69) is 31.2 Å². The summed E-state index contributed by atoms with van der Waals surface area (Å²) < 4.78 is 19.4. The normalized spacial score (nSPS) is 43.7. The summed E-state index contributed by atoms with van der Waals surface area (Å²) in [4.78, 5) is 18.3. The molecule has 1 amide bonds. The van der Waals surface area contributed by atoms with E-state index in [1.165, 1.54) is 0 Å². The van der Waals surface area contributed by atoms with E-state index in [9.17, 15) is 9.18 Å². The number of piperidine rings is 1. The molecule has 0 spiro atoms. The number of piperazine rings is 1. The molecule has 6 unspecified atom stereocenters.